The second kappa shape index (κ2) is 6.14. The fourth-order valence-corrected chi connectivity index (χ4v) is 2.39. The van der Waals surface area contributed by atoms with E-state index >= 15 is 0 Å². The number of hydrogen-bond donors (Lipinski definition) is 0. The lowest BCUT2D eigenvalue weighted by molar-refractivity contribution is -0.141. The van der Waals surface area contributed by atoms with Gasteiger partial charge in [0.15, 0.2) is 11.5 Å². The fraction of sp³-hybridized carbons (Fsp3) is 0.538. The quantitative estimate of drug-likeness (QED) is 0.761. The normalized spacial score (nSPS) is 18.7. The zero-order valence-corrected chi connectivity index (χ0v) is 10.9. The minimum atomic E-state index is -0.237. The van der Waals surface area contributed by atoms with E-state index < -0.39 is 0 Å². The molecule has 1 aliphatic heterocycles. The molecule has 1 unspecified atom stereocenters. The molecule has 6 heteroatoms. The van der Waals surface area contributed by atoms with E-state index in [1.807, 2.05) is 11.0 Å². The van der Waals surface area contributed by atoms with Crippen LogP contribution in [-0.2, 0) is 9.53 Å². The molecule has 6 nitrogen and oxygen atoms in total. The number of esters is 1. The van der Waals surface area contributed by atoms with E-state index in [4.69, 9.17) is 10.00 Å². The van der Waals surface area contributed by atoms with Crippen LogP contribution >= 0.6 is 0 Å². The Morgan fingerprint density at radius 1 is 1.53 bits per heavy atom. The van der Waals surface area contributed by atoms with Crippen molar-refractivity contribution in [3.05, 3.63) is 18.1 Å². The number of piperidine rings is 1. The highest BCUT2D eigenvalue weighted by molar-refractivity contribution is 5.71. The first kappa shape index (κ1) is 13.3. The molecular formula is C13H16N4O2. The fourth-order valence-electron chi connectivity index (χ4n) is 2.39. The molecule has 0 spiro atoms. The van der Waals surface area contributed by atoms with Gasteiger partial charge in [-0.15, -0.1) is 0 Å². The monoisotopic (exact) mass is 260 g/mol. The maximum Gasteiger partial charge on any atom is 0.307 e. The number of aromatic nitrogens is 2. The summed E-state index contributed by atoms with van der Waals surface area (Å²) in [6.07, 6.45) is 6.38. The molecule has 1 atom stereocenters. The van der Waals surface area contributed by atoms with Gasteiger partial charge in [-0.3, -0.25) is 4.79 Å². The first-order valence-corrected chi connectivity index (χ1v) is 6.31. The Hall–Kier alpha value is -2.16. The van der Waals surface area contributed by atoms with Crippen LogP contribution in [0.15, 0.2) is 12.4 Å². The number of carbonyl (C=O) groups excluding carboxylic acids is 1. The van der Waals surface area contributed by atoms with Crippen LogP contribution in [0.5, 0.6) is 0 Å². The molecule has 0 N–H and O–H groups in total. The summed E-state index contributed by atoms with van der Waals surface area (Å²) in [6, 6.07) is 2.08. The lowest BCUT2D eigenvalue weighted by atomic mass is 9.99. The number of nitrogens with zero attached hydrogens (tertiary/aromatic N) is 4. The smallest absolute Gasteiger partial charge is 0.307 e. The van der Waals surface area contributed by atoms with Gasteiger partial charge in [0.25, 0.3) is 0 Å². The number of methoxy groups -OCH3 is 1. The molecule has 0 radical (unpaired) electrons. The summed E-state index contributed by atoms with van der Waals surface area (Å²) in [4.78, 5) is 21.7. The van der Waals surface area contributed by atoms with Crippen molar-refractivity contribution in [3.8, 4) is 6.07 Å². The summed E-state index contributed by atoms with van der Waals surface area (Å²) in [5, 5.41) is 9.09. The van der Waals surface area contributed by atoms with Gasteiger partial charge >= 0.3 is 5.97 Å². The number of nitriles is 1. The van der Waals surface area contributed by atoms with Crippen LogP contribution in [0, 0.1) is 11.3 Å². The van der Waals surface area contributed by atoms with Crippen molar-refractivity contribution >= 4 is 11.8 Å². The molecule has 2 heterocycles. The van der Waals surface area contributed by atoms with Crippen LogP contribution < -0.4 is 4.90 Å². The topological polar surface area (TPSA) is 79.1 Å². The number of rotatable bonds is 3. The molecule has 0 bridgehead atoms. The minimum absolute atomic E-state index is 0.0324. The van der Waals surface area contributed by atoms with Gasteiger partial charge in [-0.05, 0) is 19.3 Å². The first-order chi connectivity index (χ1) is 9.26. The molecule has 1 saturated heterocycles. The largest absolute Gasteiger partial charge is 0.469 e. The second-order valence-corrected chi connectivity index (χ2v) is 4.46. The van der Waals surface area contributed by atoms with E-state index in [0.29, 0.717) is 17.9 Å². The zero-order valence-electron chi connectivity index (χ0n) is 10.9. The maximum atomic E-state index is 11.5. The van der Waals surface area contributed by atoms with Gasteiger partial charge in [0.1, 0.15) is 6.07 Å². The molecule has 1 fully saturated rings. The Kier molecular flexibility index (Phi) is 4.29. The van der Waals surface area contributed by atoms with Gasteiger partial charge in [-0.2, -0.15) is 5.26 Å². The molecule has 19 heavy (non-hydrogen) atoms. The minimum Gasteiger partial charge on any atom is -0.469 e. The molecule has 1 aromatic rings. The van der Waals surface area contributed by atoms with Crippen molar-refractivity contribution in [2.24, 2.45) is 0 Å². The van der Waals surface area contributed by atoms with Crippen molar-refractivity contribution in [3.63, 3.8) is 0 Å². The average Bonchev–Trinajstić information content (AvgIpc) is 2.47. The van der Waals surface area contributed by atoms with E-state index in [2.05, 4.69) is 9.97 Å². The van der Waals surface area contributed by atoms with Gasteiger partial charge in [0, 0.05) is 25.0 Å². The molecule has 0 aliphatic carbocycles. The highest BCUT2D eigenvalue weighted by Crippen LogP contribution is 2.26. The van der Waals surface area contributed by atoms with Gasteiger partial charge in [-0.1, -0.05) is 0 Å². The summed E-state index contributed by atoms with van der Waals surface area (Å²) in [6.45, 7) is 0.787. The van der Waals surface area contributed by atoms with Gasteiger partial charge in [0.2, 0.25) is 0 Å². The molecule has 0 saturated carbocycles. The number of carbonyl (C=O) groups is 1. The standard InChI is InChI=1S/C13H16N4O2/c1-19-12(18)8-10-4-2-3-7-17(10)13-11(9-14)15-5-6-16-13/h5-6,10H,2-4,7-8H2,1H3. The highest BCUT2D eigenvalue weighted by Gasteiger charge is 2.28. The van der Waals surface area contributed by atoms with E-state index in [1.165, 1.54) is 13.3 Å². The Morgan fingerprint density at radius 3 is 3.05 bits per heavy atom. The second-order valence-electron chi connectivity index (χ2n) is 4.46. The van der Waals surface area contributed by atoms with Crippen LogP contribution in [0.4, 0.5) is 5.82 Å². The van der Waals surface area contributed by atoms with Crippen molar-refractivity contribution in [1.82, 2.24) is 9.97 Å². The summed E-state index contributed by atoms with van der Waals surface area (Å²) in [5.41, 5.74) is 0.305. The van der Waals surface area contributed by atoms with Crippen molar-refractivity contribution < 1.29 is 9.53 Å². The average molecular weight is 260 g/mol. The summed E-state index contributed by atoms with van der Waals surface area (Å²) in [7, 11) is 1.39. The Morgan fingerprint density at radius 2 is 2.32 bits per heavy atom. The number of anilines is 1. The molecular weight excluding hydrogens is 244 g/mol. The third-order valence-electron chi connectivity index (χ3n) is 3.31. The van der Waals surface area contributed by atoms with E-state index in [0.717, 1.165) is 25.8 Å². The molecule has 100 valence electrons. The first-order valence-electron chi connectivity index (χ1n) is 6.31. The highest BCUT2D eigenvalue weighted by atomic mass is 16.5. The molecule has 1 aromatic heterocycles. The predicted molar refractivity (Wildman–Crippen MR) is 68.4 cm³/mol. The molecule has 2 rings (SSSR count). The lowest BCUT2D eigenvalue weighted by Gasteiger charge is -2.36. The lowest BCUT2D eigenvalue weighted by Crippen LogP contribution is -2.42. The maximum absolute atomic E-state index is 11.5. The van der Waals surface area contributed by atoms with Crippen molar-refractivity contribution in [2.75, 3.05) is 18.6 Å². The predicted octanol–water partition coefficient (Wildman–Crippen LogP) is 1.27. The molecule has 1 aliphatic rings. The van der Waals surface area contributed by atoms with Crippen LogP contribution in [0.3, 0.4) is 0 Å². The van der Waals surface area contributed by atoms with E-state index in [9.17, 15) is 4.79 Å². The van der Waals surface area contributed by atoms with Crippen LogP contribution in [-0.4, -0.2) is 35.6 Å². The SMILES string of the molecule is COC(=O)CC1CCCCN1c1nccnc1C#N. The Balaban J connectivity index is 2.24. The van der Waals surface area contributed by atoms with Crippen LogP contribution in [0.1, 0.15) is 31.4 Å². The van der Waals surface area contributed by atoms with Gasteiger partial charge < -0.3 is 9.64 Å². The number of ether oxygens (including phenoxy) is 1. The van der Waals surface area contributed by atoms with Crippen molar-refractivity contribution in [1.29, 1.82) is 5.26 Å². The van der Waals surface area contributed by atoms with Gasteiger partial charge in [0.05, 0.1) is 13.5 Å². The van der Waals surface area contributed by atoms with E-state index in [1.54, 1.807) is 6.20 Å². The third-order valence-corrected chi connectivity index (χ3v) is 3.31. The molecule has 0 amide bonds. The van der Waals surface area contributed by atoms with E-state index in [-0.39, 0.29) is 12.0 Å². The third kappa shape index (κ3) is 2.99. The Labute approximate surface area is 112 Å². The summed E-state index contributed by atoms with van der Waals surface area (Å²) < 4.78 is 4.73. The zero-order chi connectivity index (χ0) is 13.7. The van der Waals surface area contributed by atoms with Crippen LogP contribution in [0.25, 0.3) is 0 Å². The molecule has 0 aromatic carbocycles. The van der Waals surface area contributed by atoms with Crippen molar-refractivity contribution in [2.45, 2.75) is 31.7 Å². The summed E-state index contributed by atoms with van der Waals surface area (Å²) >= 11 is 0. The Bertz CT molecular complexity index is 498. The number of hydrogen-bond acceptors (Lipinski definition) is 6. The van der Waals surface area contributed by atoms with Gasteiger partial charge in [-0.25, -0.2) is 9.97 Å². The van der Waals surface area contributed by atoms with Crippen LogP contribution in [0.2, 0.25) is 0 Å². The summed E-state index contributed by atoms with van der Waals surface area (Å²) in [5.74, 6) is 0.331.